The first kappa shape index (κ1) is 9.11. The second-order valence-electron chi connectivity index (χ2n) is 2.00. The Hall–Kier alpha value is -0.890. The molecule has 0 bridgehead atoms. The Balaban J connectivity index is 3.83. The highest BCUT2D eigenvalue weighted by Crippen LogP contribution is 1.84. The molecule has 0 aromatic carbocycles. The lowest BCUT2D eigenvalue weighted by Gasteiger charge is -2.00. The molecular formula is C8H13NO+. The lowest BCUT2D eigenvalue weighted by atomic mass is 10.4. The Morgan fingerprint density at radius 2 is 1.80 bits per heavy atom. The van der Waals surface area contributed by atoms with Crippen molar-refractivity contribution >= 4 is 5.91 Å². The molecular weight excluding hydrogens is 126 g/mol. The summed E-state index contributed by atoms with van der Waals surface area (Å²) < 4.78 is 0. The fraction of sp³-hybridized carbons (Fsp3) is 0.375. The van der Waals surface area contributed by atoms with Crippen LogP contribution in [-0.2, 0) is 4.79 Å². The van der Waals surface area contributed by atoms with E-state index in [1.165, 1.54) is 6.92 Å². The lowest BCUT2D eigenvalue weighted by Crippen LogP contribution is -2.35. The molecule has 0 aromatic heterocycles. The van der Waals surface area contributed by atoms with Crippen molar-refractivity contribution in [2.75, 3.05) is 13.1 Å². The fourth-order valence-electron chi connectivity index (χ4n) is 0.643. The van der Waals surface area contributed by atoms with Crippen LogP contribution >= 0.6 is 0 Å². The van der Waals surface area contributed by atoms with Gasteiger partial charge < -0.3 is 0 Å². The summed E-state index contributed by atoms with van der Waals surface area (Å²) in [4.78, 5) is 12.4. The van der Waals surface area contributed by atoms with Crippen LogP contribution in [0.15, 0.2) is 25.3 Å². The number of carbonyl (C=O) groups is 1. The summed E-state index contributed by atoms with van der Waals surface area (Å²) in [5.74, 6) is 0.0554. The summed E-state index contributed by atoms with van der Waals surface area (Å²) in [5, 5.41) is 0. The Labute approximate surface area is 61.8 Å². The van der Waals surface area contributed by atoms with Gasteiger partial charge in [-0.05, 0) is 12.2 Å². The molecule has 0 fully saturated rings. The summed E-state index contributed by atoms with van der Waals surface area (Å²) in [7, 11) is 0. The number of rotatable bonds is 4. The molecule has 1 amide bonds. The van der Waals surface area contributed by atoms with Crippen molar-refractivity contribution in [3.05, 3.63) is 25.3 Å². The molecule has 0 unspecified atom stereocenters. The minimum atomic E-state index is 0.0554. The Kier molecular flexibility index (Phi) is 4.50. The number of amides is 1. The van der Waals surface area contributed by atoms with Gasteiger partial charge in [-0.3, -0.25) is 0 Å². The minimum absolute atomic E-state index is 0.0554. The molecule has 0 atom stereocenters. The Morgan fingerprint density at radius 1 is 1.40 bits per heavy atom. The fourth-order valence-corrected chi connectivity index (χ4v) is 0.643. The number of hydrogen-bond acceptors (Lipinski definition) is 1. The molecule has 0 aliphatic rings. The van der Waals surface area contributed by atoms with Crippen LogP contribution in [-0.4, -0.2) is 19.0 Å². The second kappa shape index (κ2) is 4.94. The monoisotopic (exact) mass is 139 g/mol. The average Bonchev–Trinajstić information content (AvgIpc) is 1.87. The van der Waals surface area contributed by atoms with Crippen LogP contribution in [0.5, 0.6) is 0 Å². The Morgan fingerprint density at radius 3 is 2.00 bits per heavy atom. The highest BCUT2D eigenvalue weighted by atomic mass is 16.2. The van der Waals surface area contributed by atoms with Gasteiger partial charge in [0.1, 0.15) is 13.1 Å². The van der Waals surface area contributed by atoms with Gasteiger partial charge in [0.2, 0.25) is 0 Å². The quantitative estimate of drug-likeness (QED) is 0.421. The van der Waals surface area contributed by atoms with Crippen molar-refractivity contribution in [2.45, 2.75) is 6.92 Å². The maximum atomic E-state index is 10.8. The molecule has 0 saturated carbocycles. The topological polar surface area (TPSA) is 23.0 Å². The van der Waals surface area contributed by atoms with Gasteiger partial charge in [0.15, 0.2) is 0 Å². The van der Waals surface area contributed by atoms with Crippen molar-refractivity contribution in [1.82, 2.24) is 4.90 Å². The first-order chi connectivity index (χ1) is 4.72. The van der Waals surface area contributed by atoms with E-state index in [4.69, 9.17) is 0 Å². The zero-order valence-electron chi connectivity index (χ0n) is 6.34. The van der Waals surface area contributed by atoms with Gasteiger partial charge in [-0.2, -0.15) is 0 Å². The van der Waals surface area contributed by atoms with E-state index in [-0.39, 0.29) is 5.91 Å². The molecule has 10 heavy (non-hydrogen) atoms. The molecule has 0 aromatic rings. The smallest absolute Gasteiger partial charge is 0.226 e. The van der Waals surface area contributed by atoms with E-state index in [9.17, 15) is 4.79 Å². The summed E-state index contributed by atoms with van der Waals surface area (Å²) in [6.45, 7) is 9.81. The van der Waals surface area contributed by atoms with Crippen LogP contribution in [0.25, 0.3) is 0 Å². The molecule has 0 spiro atoms. The van der Waals surface area contributed by atoms with Gasteiger partial charge in [0.25, 0.3) is 0 Å². The molecule has 2 heteroatoms. The van der Waals surface area contributed by atoms with E-state index >= 15 is 0 Å². The molecule has 55 valence electrons. The largest absolute Gasteiger partial charge is 0.358 e. The Bertz CT molecular complexity index is 130. The summed E-state index contributed by atoms with van der Waals surface area (Å²) in [6, 6.07) is 0. The summed E-state index contributed by atoms with van der Waals surface area (Å²) in [6.07, 6.45) is 3.40. The molecule has 2 nitrogen and oxygen atoms in total. The van der Waals surface area contributed by atoms with Crippen molar-refractivity contribution in [3.8, 4) is 0 Å². The van der Waals surface area contributed by atoms with Gasteiger partial charge in [0, 0.05) is 0 Å². The van der Waals surface area contributed by atoms with Crippen LogP contribution in [0.4, 0.5) is 0 Å². The van der Waals surface area contributed by atoms with Crippen LogP contribution < -0.4 is 4.90 Å². The first-order valence-corrected chi connectivity index (χ1v) is 3.19. The third kappa shape index (κ3) is 3.20. The maximum Gasteiger partial charge on any atom is 0.358 e. The van der Waals surface area contributed by atoms with E-state index in [0.717, 1.165) is 0 Å². The van der Waals surface area contributed by atoms with Crippen molar-refractivity contribution in [3.63, 3.8) is 0 Å². The molecule has 0 aliphatic heterocycles. The predicted octanol–water partition coefficient (Wildman–Crippen LogP) is 1.04. The van der Waals surface area contributed by atoms with E-state index in [0.29, 0.717) is 13.1 Å². The average molecular weight is 139 g/mol. The van der Waals surface area contributed by atoms with E-state index in [1.54, 1.807) is 17.1 Å². The molecule has 0 N–H and O–H groups in total. The maximum absolute atomic E-state index is 10.8. The van der Waals surface area contributed by atoms with Crippen molar-refractivity contribution in [1.29, 1.82) is 0 Å². The lowest BCUT2D eigenvalue weighted by molar-refractivity contribution is -0.122. The van der Waals surface area contributed by atoms with Crippen LogP contribution in [0, 0.1) is 0 Å². The number of nitrogens with zero attached hydrogens (tertiary/aromatic N) is 1. The standard InChI is InChI=1S/C8H13NO/c1-4-6-9(7-5-2)8(3)10/h4-5H,1-2,6-7H2,3H3/q+1. The summed E-state index contributed by atoms with van der Waals surface area (Å²) in [5.41, 5.74) is 0. The zero-order chi connectivity index (χ0) is 7.98. The number of carbonyl (C=O) groups excluding carboxylic acids is 1. The minimum Gasteiger partial charge on any atom is -0.226 e. The molecule has 0 aliphatic carbocycles. The van der Waals surface area contributed by atoms with Crippen LogP contribution in [0.1, 0.15) is 6.92 Å². The van der Waals surface area contributed by atoms with Crippen molar-refractivity contribution in [2.24, 2.45) is 0 Å². The van der Waals surface area contributed by atoms with Gasteiger partial charge in [-0.15, -0.1) is 0 Å². The highest BCUT2D eigenvalue weighted by Gasteiger charge is 2.16. The van der Waals surface area contributed by atoms with E-state index in [2.05, 4.69) is 13.2 Å². The van der Waals surface area contributed by atoms with Gasteiger partial charge in [-0.1, -0.05) is 18.1 Å². The summed E-state index contributed by atoms with van der Waals surface area (Å²) >= 11 is 0. The van der Waals surface area contributed by atoms with Gasteiger partial charge >= 0.3 is 5.91 Å². The predicted molar refractivity (Wildman–Crippen MR) is 42.9 cm³/mol. The van der Waals surface area contributed by atoms with E-state index in [1.807, 2.05) is 0 Å². The van der Waals surface area contributed by atoms with Crippen LogP contribution in [0.3, 0.4) is 0 Å². The van der Waals surface area contributed by atoms with Gasteiger partial charge in [0.05, 0.1) is 6.92 Å². The molecule has 0 rings (SSSR count). The van der Waals surface area contributed by atoms with E-state index < -0.39 is 0 Å². The SMILES string of the molecule is C=CC[N+](CC=C)C(C)=O. The molecule has 0 heterocycles. The first-order valence-electron chi connectivity index (χ1n) is 3.19. The molecule has 0 saturated heterocycles. The highest BCUT2D eigenvalue weighted by molar-refractivity contribution is 5.76. The third-order valence-electron chi connectivity index (χ3n) is 1.14. The normalized spacial score (nSPS) is 9.40. The van der Waals surface area contributed by atoms with Crippen molar-refractivity contribution < 1.29 is 4.79 Å². The number of hydrogen-bond donors (Lipinski definition) is 0. The van der Waals surface area contributed by atoms with Crippen LogP contribution in [0.2, 0.25) is 0 Å². The van der Waals surface area contributed by atoms with Gasteiger partial charge in [-0.25, -0.2) is 4.79 Å². The zero-order valence-corrected chi connectivity index (χ0v) is 6.34. The molecule has 1 radical (unpaired) electrons. The third-order valence-corrected chi connectivity index (χ3v) is 1.14. The second-order valence-corrected chi connectivity index (χ2v) is 2.00.